The molecule has 2 unspecified atom stereocenters. The topological polar surface area (TPSA) is 74.3 Å². The number of hydrogen-bond donors (Lipinski definition) is 3. The van der Waals surface area contributed by atoms with Crippen LogP contribution in [0, 0.1) is 5.92 Å². The van der Waals surface area contributed by atoms with Gasteiger partial charge in [0.2, 0.25) is 0 Å². The van der Waals surface area contributed by atoms with Gasteiger partial charge in [0.25, 0.3) is 0 Å². The highest BCUT2D eigenvalue weighted by Crippen LogP contribution is 2.37. The molecule has 0 aliphatic carbocycles. The first kappa shape index (κ1) is 12.0. The molecule has 0 saturated carbocycles. The van der Waals surface area contributed by atoms with E-state index in [0.29, 0.717) is 13.0 Å². The van der Waals surface area contributed by atoms with Crippen LogP contribution in [0.3, 0.4) is 0 Å². The van der Waals surface area contributed by atoms with E-state index in [1.807, 2.05) is 24.4 Å². The van der Waals surface area contributed by atoms with Crippen LogP contribution in [0.1, 0.15) is 18.0 Å². The molecular weight excluding hydrogens is 244 g/mol. The van der Waals surface area contributed by atoms with Crippen molar-refractivity contribution >= 4 is 16.9 Å². The summed E-state index contributed by atoms with van der Waals surface area (Å²) in [7, 11) is 1.65. The molecule has 3 N–H and O–H groups in total. The Labute approximate surface area is 110 Å². The number of aromatic amines is 1. The molecule has 1 aromatic heterocycles. The number of fused-ring (bicyclic) bond motifs is 1. The molecule has 100 valence electrons. The fraction of sp³-hybridized carbons (Fsp3) is 0.357. The fourth-order valence-electron chi connectivity index (χ4n) is 2.79. The predicted octanol–water partition coefficient (Wildman–Crippen LogP) is 1.91. The number of carboxylic acid groups (broad SMARTS) is 1. The summed E-state index contributed by atoms with van der Waals surface area (Å²) < 4.78 is 5.52. The van der Waals surface area contributed by atoms with Gasteiger partial charge in [-0.05, 0) is 18.6 Å². The Balaban J connectivity index is 1.99. The summed E-state index contributed by atoms with van der Waals surface area (Å²) in [5.41, 5.74) is 2.05. The summed E-state index contributed by atoms with van der Waals surface area (Å²) in [5, 5.41) is 13.4. The lowest BCUT2D eigenvalue weighted by Crippen LogP contribution is -2.17. The number of rotatable bonds is 3. The van der Waals surface area contributed by atoms with Crippen LogP contribution in [0.25, 0.3) is 10.9 Å². The van der Waals surface area contributed by atoms with Crippen molar-refractivity contribution in [1.82, 2.24) is 10.3 Å². The maximum Gasteiger partial charge on any atom is 0.307 e. The summed E-state index contributed by atoms with van der Waals surface area (Å²) in [6, 6.07) is 6.01. The zero-order valence-corrected chi connectivity index (χ0v) is 10.6. The molecule has 0 bridgehead atoms. The maximum absolute atomic E-state index is 11.0. The van der Waals surface area contributed by atoms with Crippen molar-refractivity contribution < 1.29 is 14.6 Å². The van der Waals surface area contributed by atoms with Crippen molar-refractivity contribution in [1.29, 1.82) is 0 Å². The number of benzene rings is 1. The number of nitrogens with one attached hydrogen (secondary N) is 2. The Morgan fingerprint density at radius 1 is 1.42 bits per heavy atom. The quantitative estimate of drug-likeness (QED) is 0.788. The molecule has 1 aliphatic heterocycles. The van der Waals surface area contributed by atoms with Crippen molar-refractivity contribution in [2.24, 2.45) is 5.92 Å². The van der Waals surface area contributed by atoms with Gasteiger partial charge < -0.3 is 20.1 Å². The minimum atomic E-state index is -0.739. The second kappa shape index (κ2) is 4.59. The largest absolute Gasteiger partial charge is 0.496 e. The van der Waals surface area contributed by atoms with Gasteiger partial charge in [-0.25, -0.2) is 0 Å². The number of aromatic nitrogens is 1. The number of methoxy groups -OCH3 is 1. The normalized spacial score (nSPS) is 22.8. The van der Waals surface area contributed by atoms with Gasteiger partial charge in [-0.15, -0.1) is 0 Å². The summed E-state index contributed by atoms with van der Waals surface area (Å²) in [6.45, 7) is 0.508. The molecule has 19 heavy (non-hydrogen) atoms. The molecule has 2 heterocycles. The van der Waals surface area contributed by atoms with Gasteiger partial charge in [-0.3, -0.25) is 4.79 Å². The Kier molecular flexibility index (Phi) is 2.91. The van der Waals surface area contributed by atoms with E-state index in [1.165, 1.54) is 0 Å². The number of H-pyrrole nitrogens is 1. The monoisotopic (exact) mass is 260 g/mol. The van der Waals surface area contributed by atoms with Gasteiger partial charge in [0.15, 0.2) is 0 Å². The van der Waals surface area contributed by atoms with Crippen LogP contribution in [-0.2, 0) is 4.79 Å². The summed E-state index contributed by atoms with van der Waals surface area (Å²) >= 11 is 0. The van der Waals surface area contributed by atoms with Crippen LogP contribution in [0.2, 0.25) is 0 Å². The standard InChI is InChI=1S/C14H16N2O3/c1-19-13-9(2-3-11-10(13)4-5-15-11)12-6-8(7-16-12)14(17)18/h2-5,8,12,15-16H,6-7H2,1H3,(H,17,18). The maximum atomic E-state index is 11.0. The minimum absolute atomic E-state index is 0.0374. The molecule has 3 rings (SSSR count). The third-order valence-electron chi connectivity index (χ3n) is 3.78. The minimum Gasteiger partial charge on any atom is -0.496 e. The molecule has 0 radical (unpaired) electrons. The predicted molar refractivity (Wildman–Crippen MR) is 71.3 cm³/mol. The first-order valence-electron chi connectivity index (χ1n) is 6.31. The second-order valence-electron chi connectivity index (χ2n) is 4.86. The molecule has 1 aromatic carbocycles. The molecule has 2 aromatic rings. The number of carbonyl (C=O) groups is 1. The number of aliphatic carboxylic acids is 1. The Hall–Kier alpha value is -2.01. The Morgan fingerprint density at radius 2 is 2.26 bits per heavy atom. The molecule has 1 aliphatic rings. The van der Waals surface area contributed by atoms with Crippen LogP contribution in [0.4, 0.5) is 0 Å². The third kappa shape index (κ3) is 1.96. The first-order valence-corrected chi connectivity index (χ1v) is 6.31. The lowest BCUT2D eigenvalue weighted by atomic mass is 9.98. The second-order valence-corrected chi connectivity index (χ2v) is 4.86. The Morgan fingerprint density at radius 3 is 2.95 bits per heavy atom. The molecule has 5 nitrogen and oxygen atoms in total. The van der Waals surface area contributed by atoms with Crippen molar-refractivity contribution in [2.75, 3.05) is 13.7 Å². The summed E-state index contributed by atoms with van der Waals surface area (Å²) in [6.07, 6.45) is 2.47. The van der Waals surface area contributed by atoms with E-state index >= 15 is 0 Å². The molecular formula is C14H16N2O3. The fourth-order valence-corrected chi connectivity index (χ4v) is 2.79. The van der Waals surface area contributed by atoms with E-state index in [4.69, 9.17) is 9.84 Å². The zero-order valence-electron chi connectivity index (χ0n) is 10.6. The van der Waals surface area contributed by atoms with Crippen LogP contribution >= 0.6 is 0 Å². The molecule has 0 spiro atoms. The van der Waals surface area contributed by atoms with Crippen molar-refractivity contribution in [3.05, 3.63) is 30.0 Å². The average molecular weight is 260 g/mol. The molecule has 1 fully saturated rings. The highest BCUT2D eigenvalue weighted by Gasteiger charge is 2.32. The SMILES string of the molecule is COc1c(C2CC(C(=O)O)CN2)ccc2[nH]ccc12. The number of ether oxygens (including phenoxy) is 1. The number of hydrogen-bond acceptors (Lipinski definition) is 3. The van der Waals surface area contributed by atoms with Crippen molar-refractivity contribution in [2.45, 2.75) is 12.5 Å². The molecule has 5 heteroatoms. The van der Waals surface area contributed by atoms with Crippen molar-refractivity contribution in [3.8, 4) is 5.75 Å². The smallest absolute Gasteiger partial charge is 0.307 e. The molecule has 1 saturated heterocycles. The van der Waals surface area contributed by atoms with E-state index in [-0.39, 0.29) is 12.0 Å². The van der Waals surface area contributed by atoms with Crippen LogP contribution in [0.15, 0.2) is 24.4 Å². The zero-order chi connectivity index (χ0) is 13.4. The van der Waals surface area contributed by atoms with E-state index in [1.54, 1.807) is 7.11 Å². The van der Waals surface area contributed by atoms with Gasteiger partial charge in [0.1, 0.15) is 5.75 Å². The highest BCUT2D eigenvalue weighted by atomic mass is 16.5. The van der Waals surface area contributed by atoms with Crippen LogP contribution < -0.4 is 10.1 Å². The van der Waals surface area contributed by atoms with Crippen LogP contribution in [0.5, 0.6) is 5.75 Å². The highest BCUT2D eigenvalue weighted by molar-refractivity contribution is 5.87. The third-order valence-corrected chi connectivity index (χ3v) is 3.78. The van der Waals surface area contributed by atoms with Gasteiger partial charge in [0.05, 0.1) is 13.0 Å². The van der Waals surface area contributed by atoms with Crippen LogP contribution in [-0.4, -0.2) is 29.7 Å². The van der Waals surface area contributed by atoms with E-state index < -0.39 is 5.97 Å². The molecule has 0 amide bonds. The lowest BCUT2D eigenvalue weighted by molar-refractivity contribution is -0.141. The molecule has 2 atom stereocenters. The Bertz CT molecular complexity index is 620. The van der Waals surface area contributed by atoms with E-state index in [9.17, 15) is 4.79 Å². The van der Waals surface area contributed by atoms with E-state index in [0.717, 1.165) is 22.2 Å². The summed E-state index contributed by atoms with van der Waals surface area (Å²) in [5.74, 6) is -0.240. The van der Waals surface area contributed by atoms with Gasteiger partial charge in [-0.1, -0.05) is 6.07 Å². The average Bonchev–Trinajstić information content (AvgIpc) is 3.05. The van der Waals surface area contributed by atoms with Gasteiger partial charge in [0, 0.05) is 35.2 Å². The van der Waals surface area contributed by atoms with Gasteiger partial charge >= 0.3 is 5.97 Å². The van der Waals surface area contributed by atoms with Crippen molar-refractivity contribution in [3.63, 3.8) is 0 Å². The summed E-state index contributed by atoms with van der Waals surface area (Å²) in [4.78, 5) is 14.2. The van der Waals surface area contributed by atoms with E-state index in [2.05, 4.69) is 10.3 Å². The van der Waals surface area contributed by atoms with Gasteiger partial charge in [-0.2, -0.15) is 0 Å². The number of carboxylic acids is 1. The first-order chi connectivity index (χ1) is 9.20. The lowest BCUT2D eigenvalue weighted by Gasteiger charge is -2.16.